The lowest BCUT2D eigenvalue weighted by molar-refractivity contribution is -0.134. The maximum atomic E-state index is 11.6. The fraction of sp³-hybridized carbons (Fsp3) is 0.632. The third-order valence-corrected chi connectivity index (χ3v) is 3.88. The molecular formula is C19H32N2O2. The van der Waals surface area contributed by atoms with Crippen LogP contribution in [0.5, 0.6) is 0 Å². The smallest absolute Gasteiger partial charge is 0.243 e. The van der Waals surface area contributed by atoms with E-state index in [1.54, 1.807) is 0 Å². The number of benzene rings is 1. The van der Waals surface area contributed by atoms with E-state index in [9.17, 15) is 4.79 Å². The van der Waals surface area contributed by atoms with Gasteiger partial charge in [-0.25, -0.2) is 5.48 Å². The van der Waals surface area contributed by atoms with E-state index in [0.29, 0.717) is 13.0 Å². The maximum absolute atomic E-state index is 11.6. The van der Waals surface area contributed by atoms with Gasteiger partial charge in [-0.05, 0) is 24.9 Å². The van der Waals surface area contributed by atoms with Crippen LogP contribution in [0, 0.1) is 0 Å². The lowest BCUT2D eigenvalue weighted by Crippen LogP contribution is -2.23. The molecule has 0 radical (unpaired) electrons. The van der Waals surface area contributed by atoms with Crippen LogP contribution in [0.4, 0.5) is 0 Å². The van der Waals surface area contributed by atoms with Gasteiger partial charge in [0.1, 0.15) is 0 Å². The number of amides is 1. The van der Waals surface area contributed by atoms with Gasteiger partial charge in [-0.3, -0.25) is 9.63 Å². The zero-order valence-corrected chi connectivity index (χ0v) is 14.3. The third-order valence-electron chi connectivity index (χ3n) is 3.88. The molecule has 1 aromatic rings. The highest BCUT2D eigenvalue weighted by Gasteiger charge is 2.01. The summed E-state index contributed by atoms with van der Waals surface area (Å²) in [6.45, 7) is 1.23. The van der Waals surface area contributed by atoms with Crippen LogP contribution in [0.2, 0.25) is 0 Å². The van der Waals surface area contributed by atoms with Crippen LogP contribution in [0.3, 0.4) is 0 Å². The summed E-state index contributed by atoms with van der Waals surface area (Å²) in [5, 5.41) is 0. The maximum Gasteiger partial charge on any atom is 0.243 e. The van der Waals surface area contributed by atoms with Crippen molar-refractivity contribution in [3.05, 3.63) is 35.9 Å². The summed E-state index contributed by atoms with van der Waals surface area (Å²) in [7, 11) is 0. The van der Waals surface area contributed by atoms with Crippen molar-refractivity contribution in [1.82, 2.24) is 5.48 Å². The monoisotopic (exact) mass is 320 g/mol. The minimum atomic E-state index is -0.0253. The van der Waals surface area contributed by atoms with Gasteiger partial charge >= 0.3 is 0 Å². The molecule has 4 nitrogen and oxygen atoms in total. The Morgan fingerprint density at radius 2 is 1.43 bits per heavy atom. The molecule has 0 saturated carbocycles. The lowest BCUT2D eigenvalue weighted by Gasteiger charge is -2.06. The summed E-state index contributed by atoms with van der Waals surface area (Å²) in [4.78, 5) is 16.8. The van der Waals surface area contributed by atoms with Gasteiger partial charge in [-0.1, -0.05) is 75.3 Å². The number of rotatable bonds is 14. The molecule has 1 rings (SSSR count). The molecule has 0 aliphatic carbocycles. The van der Waals surface area contributed by atoms with Gasteiger partial charge in [0.2, 0.25) is 5.91 Å². The van der Waals surface area contributed by atoms with Gasteiger partial charge in [0.05, 0.1) is 6.61 Å². The van der Waals surface area contributed by atoms with Crippen molar-refractivity contribution < 1.29 is 9.63 Å². The highest BCUT2D eigenvalue weighted by atomic mass is 16.6. The number of nitrogens with one attached hydrogen (secondary N) is 1. The molecule has 0 atom stereocenters. The van der Waals surface area contributed by atoms with E-state index in [4.69, 9.17) is 10.6 Å². The van der Waals surface area contributed by atoms with Gasteiger partial charge in [0.15, 0.2) is 0 Å². The number of hydroxylamine groups is 1. The number of carbonyl (C=O) groups is 1. The highest BCUT2D eigenvalue weighted by molar-refractivity contribution is 5.74. The molecule has 0 unspecified atom stereocenters. The van der Waals surface area contributed by atoms with E-state index in [0.717, 1.165) is 31.4 Å². The molecule has 23 heavy (non-hydrogen) atoms. The van der Waals surface area contributed by atoms with Gasteiger partial charge in [0.25, 0.3) is 0 Å². The first kappa shape index (κ1) is 19.7. The lowest BCUT2D eigenvalue weighted by atomic mass is 10.1. The van der Waals surface area contributed by atoms with E-state index in [-0.39, 0.29) is 5.91 Å². The number of nitrogens with two attached hydrogens (primary N) is 1. The summed E-state index contributed by atoms with van der Waals surface area (Å²) in [6, 6.07) is 9.82. The van der Waals surface area contributed by atoms with Crippen LogP contribution < -0.4 is 11.2 Å². The van der Waals surface area contributed by atoms with Gasteiger partial charge in [0, 0.05) is 6.42 Å². The Bertz CT molecular complexity index is 396. The largest absolute Gasteiger partial charge is 0.330 e. The molecule has 0 aliphatic heterocycles. The van der Waals surface area contributed by atoms with E-state index in [1.807, 2.05) is 30.3 Å². The fourth-order valence-corrected chi connectivity index (χ4v) is 2.49. The van der Waals surface area contributed by atoms with Crippen LogP contribution in [0.15, 0.2) is 30.3 Å². The van der Waals surface area contributed by atoms with E-state index in [2.05, 4.69) is 5.48 Å². The molecule has 3 N–H and O–H groups in total. The Kier molecular flexibility index (Phi) is 12.2. The molecule has 1 amide bonds. The molecule has 0 spiro atoms. The Balaban J connectivity index is 1.85. The van der Waals surface area contributed by atoms with Crippen LogP contribution >= 0.6 is 0 Å². The van der Waals surface area contributed by atoms with Crippen molar-refractivity contribution in [2.24, 2.45) is 5.73 Å². The van der Waals surface area contributed by atoms with Crippen molar-refractivity contribution >= 4 is 5.91 Å². The predicted octanol–water partition coefficient (Wildman–Crippen LogP) is 4.09. The Morgan fingerprint density at radius 1 is 0.870 bits per heavy atom. The zero-order valence-electron chi connectivity index (χ0n) is 14.3. The van der Waals surface area contributed by atoms with Gasteiger partial charge < -0.3 is 5.73 Å². The first-order valence-electron chi connectivity index (χ1n) is 8.97. The second kappa shape index (κ2) is 14.2. The van der Waals surface area contributed by atoms with Crippen molar-refractivity contribution in [2.75, 3.05) is 6.54 Å². The normalized spacial score (nSPS) is 10.7. The predicted molar refractivity (Wildman–Crippen MR) is 94.6 cm³/mol. The molecular weight excluding hydrogens is 288 g/mol. The average molecular weight is 320 g/mol. The average Bonchev–Trinajstić information content (AvgIpc) is 2.57. The summed E-state index contributed by atoms with van der Waals surface area (Å²) in [6.07, 6.45) is 11.4. The quantitative estimate of drug-likeness (QED) is 0.401. The second-order valence-corrected chi connectivity index (χ2v) is 6.02. The van der Waals surface area contributed by atoms with Gasteiger partial charge in [-0.15, -0.1) is 0 Å². The Hall–Kier alpha value is -1.39. The number of unbranched alkanes of at least 4 members (excludes halogenated alkanes) is 8. The SMILES string of the molecule is NCCCCCCCCCCCC(=O)NOCc1ccccc1. The second-order valence-electron chi connectivity index (χ2n) is 6.02. The molecule has 130 valence electrons. The molecule has 1 aromatic carbocycles. The molecule has 0 saturated heterocycles. The van der Waals surface area contributed by atoms with Crippen LogP contribution in [-0.2, 0) is 16.2 Å². The van der Waals surface area contributed by atoms with E-state index in [1.165, 1.54) is 38.5 Å². The fourth-order valence-electron chi connectivity index (χ4n) is 2.49. The number of carbonyl (C=O) groups excluding carboxylic acids is 1. The third kappa shape index (κ3) is 11.8. The summed E-state index contributed by atoms with van der Waals surface area (Å²) in [5.74, 6) is -0.0253. The van der Waals surface area contributed by atoms with Crippen molar-refractivity contribution in [3.8, 4) is 0 Å². The topological polar surface area (TPSA) is 64.4 Å². The minimum absolute atomic E-state index is 0.0253. The first-order chi connectivity index (χ1) is 11.3. The molecule has 0 aromatic heterocycles. The zero-order chi connectivity index (χ0) is 16.6. The molecule has 4 heteroatoms. The molecule has 0 heterocycles. The van der Waals surface area contributed by atoms with Crippen LogP contribution in [-0.4, -0.2) is 12.5 Å². The Labute approximate surface area is 140 Å². The van der Waals surface area contributed by atoms with Gasteiger partial charge in [-0.2, -0.15) is 0 Å². The molecule has 0 aliphatic rings. The number of hydrogen-bond donors (Lipinski definition) is 2. The van der Waals surface area contributed by atoms with Crippen molar-refractivity contribution in [2.45, 2.75) is 70.8 Å². The van der Waals surface area contributed by atoms with E-state index >= 15 is 0 Å². The van der Waals surface area contributed by atoms with Crippen molar-refractivity contribution in [3.63, 3.8) is 0 Å². The minimum Gasteiger partial charge on any atom is -0.330 e. The Morgan fingerprint density at radius 3 is 2.04 bits per heavy atom. The van der Waals surface area contributed by atoms with Crippen LogP contribution in [0.1, 0.15) is 69.8 Å². The van der Waals surface area contributed by atoms with Crippen molar-refractivity contribution in [1.29, 1.82) is 0 Å². The summed E-state index contributed by atoms with van der Waals surface area (Å²) >= 11 is 0. The first-order valence-corrected chi connectivity index (χ1v) is 8.97. The standard InChI is InChI=1S/C19H32N2O2/c20-16-12-7-5-3-1-2-4-6-11-15-19(22)21-23-17-18-13-9-8-10-14-18/h8-10,13-14H,1-7,11-12,15-17,20H2,(H,21,22). The highest BCUT2D eigenvalue weighted by Crippen LogP contribution is 2.10. The molecule has 0 fully saturated rings. The number of hydrogen-bond acceptors (Lipinski definition) is 3. The van der Waals surface area contributed by atoms with E-state index < -0.39 is 0 Å². The van der Waals surface area contributed by atoms with Crippen LogP contribution in [0.25, 0.3) is 0 Å². The summed E-state index contributed by atoms with van der Waals surface area (Å²) in [5.41, 5.74) is 9.03. The molecule has 0 bridgehead atoms. The summed E-state index contributed by atoms with van der Waals surface area (Å²) < 4.78 is 0.